The van der Waals surface area contributed by atoms with Crippen molar-refractivity contribution in [2.75, 3.05) is 11.1 Å². The molecule has 0 spiro atoms. The van der Waals surface area contributed by atoms with Gasteiger partial charge in [0.05, 0.1) is 11.0 Å². The highest BCUT2D eigenvalue weighted by Crippen LogP contribution is 2.34. The second kappa shape index (κ2) is 7.85. The summed E-state index contributed by atoms with van der Waals surface area (Å²) < 4.78 is 0. The van der Waals surface area contributed by atoms with Gasteiger partial charge in [0.2, 0.25) is 5.95 Å². The molecule has 3 rings (SSSR count). The van der Waals surface area contributed by atoms with Crippen LogP contribution in [-0.4, -0.2) is 27.2 Å². The second-order valence-corrected chi connectivity index (χ2v) is 7.31. The van der Waals surface area contributed by atoms with E-state index >= 15 is 0 Å². The van der Waals surface area contributed by atoms with Crippen molar-refractivity contribution in [3.63, 3.8) is 0 Å². The lowest BCUT2D eigenvalue weighted by molar-refractivity contribution is 0.126. The molecule has 1 aliphatic carbocycles. The Kier molecular flexibility index (Phi) is 5.58. The molecule has 128 valence electrons. The molecule has 6 heteroatoms. The lowest BCUT2D eigenvalue weighted by Crippen LogP contribution is -2.28. The second-order valence-electron chi connectivity index (χ2n) is 6.19. The van der Waals surface area contributed by atoms with E-state index < -0.39 is 0 Å². The number of rotatable bonds is 5. The highest BCUT2D eigenvalue weighted by molar-refractivity contribution is 7.99. The highest BCUT2D eigenvalue weighted by Gasteiger charge is 2.21. The molecular weight excluding hydrogens is 320 g/mol. The standard InChI is InChI=1S/C18H24N4OS/c1-2-12-3-9-15(10-4-12)24-16-11-20-18(19)22-17(16)21-13-5-7-14(23)8-6-13/h3-4,9-11,13-14,23H,2,5-8H2,1H3,(H3,19,20,21,22). The summed E-state index contributed by atoms with van der Waals surface area (Å²) in [5.41, 5.74) is 7.10. The Bertz CT molecular complexity index is 669. The van der Waals surface area contributed by atoms with Crippen LogP contribution in [0.1, 0.15) is 38.2 Å². The predicted octanol–water partition coefficient (Wildman–Crippen LogP) is 3.49. The lowest BCUT2D eigenvalue weighted by atomic mass is 9.93. The SMILES string of the molecule is CCc1ccc(Sc2cnc(N)nc2NC2CCC(O)CC2)cc1. The molecule has 24 heavy (non-hydrogen) atoms. The summed E-state index contributed by atoms with van der Waals surface area (Å²) in [5, 5.41) is 13.1. The summed E-state index contributed by atoms with van der Waals surface area (Å²) in [6.07, 6.45) is 6.21. The molecule has 1 saturated carbocycles. The highest BCUT2D eigenvalue weighted by atomic mass is 32.2. The molecule has 1 aliphatic rings. The quantitative estimate of drug-likeness (QED) is 0.770. The van der Waals surface area contributed by atoms with E-state index in [1.807, 2.05) is 0 Å². The predicted molar refractivity (Wildman–Crippen MR) is 98.3 cm³/mol. The molecule has 1 heterocycles. The number of aliphatic hydroxyl groups is 1. The molecule has 1 fully saturated rings. The summed E-state index contributed by atoms with van der Waals surface area (Å²) in [5.74, 6) is 1.06. The van der Waals surface area contributed by atoms with Gasteiger partial charge in [-0.3, -0.25) is 0 Å². The van der Waals surface area contributed by atoms with Crippen molar-refractivity contribution in [3.8, 4) is 0 Å². The summed E-state index contributed by atoms with van der Waals surface area (Å²) in [6, 6.07) is 8.87. The van der Waals surface area contributed by atoms with Crippen molar-refractivity contribution >= 4 is 23.5 Å². The molecule has 0 bridgehead atoms. The molecule has 0 saturated heterocycles. The Morgan fingerprint density at radius 1 is 1.21 bits per heavy atom. The monoisotopic (exact) mass is 344 g/mol. The molecule has 2 aromatic rings. The number of nitrogens with two attached hydrogens (primary N) is 1. The first kappa shape index (κ1) is 17.0. The molecule has 5 nitrogen and oxygen atoms in total. The Balaban J connectivity index is 1.74. The van der Waals surface area contributed by atoms with Gasteiger partial charge < -0.3 is 16.2 Å². The molecule has 0 radical (unpaired) electrons. The van der Waals surface area contributed by atoms with Crippen LogP contribution >= 0.6 is 11.8 Å². The average molecular weight is 344 g/mol. The van der Waals surface area contributed by atoms with E-state index in [1.165, 1.54) is 5.56 Å². The van der Waals surface area contributed by atoms with Gasteiger partial charge in [-0.05, 0) is 49.8 Å². The maximum atomic E-state index is 9.65. The molecule has 0 aliphatic heterocycles. The van der Waals surface area contributed by atoms with Crippen molar-refractivity contribution in [1.29, 1.82) is 0 Å². The summed E-state index contributed by atoms with van der Waals surface area (Å²) >= 11 is 1.64. The fraction of sp³-hybridized carbons (Fsp3) is 0.444. The topological polar surface area (TPSA) is 84.1 Å². The third-order valence-corrected chi connectivity index (χ3v) is 5.40. The van der Waals surface area contributed by atoms with Crippen LogP contribution in [0.15, 0.2) is 40.3 Å². The molecule has 1 aromatic heterocycles. The lowest BCUT2D eigenvalue weighted by Gasteiger charge is -2.27. The summed E-state index contributed by atoms with van der Waals surface area (Å²) in [6.45, 7) is 2.15. The Morgan fingerprint density at radius 3 is 2.58 bits per heavy atom. The number of hydrogen-bond acceptors (Lipinski definition) is 6. The van der Waals surface area contributed by atoms with Crippen molar-refractivity contribution in [2.24, 2.45) is 0 Å². The zero-order valence-corrected chi connectivity index (χ0v) is 14.7. The van der Waals surface area contributed by atoms with E-state index in [9.17, 15) is 5.11 Å². The normalized spacial score (nSPS) is 20.8. The molecule has 4 N–H and O–H groups in total. The number of aryl methyl sites for hydroxylation is 1. The van der Waals surface area contributed by atoms with Crippen LogP contribution in [0.25, 0.3) is 0 Å². The fourth-order valence-electron chi connectivity index (χ4n) is 2.90. The number of nitrogen functional groups attached to an aromatic ring is 1. The summed E-state index contributed by atoms with van der Waals surface area (Å²) in [4.78, 5) is 10.7. The third kappa shape index (κ3) is 4.39. The molecule has 0 amide bonds. The number of aliphatic hydroxyl groups excluding tert-OH is 1. The maximum Gasteiger partial charge on any atom is 0.221 e. The van der Waals surface area contributed by atoms with Crippen molar-refractivity contribution in [2.45, 2.75) is 61.0 Å². The first-order valence-corrected chi connectivity index (χ1v) is 9.29. The van der Waals surface area contributed by atoms with E-state index in [4.69, 9.17) is 5.73 Å². The number of benzene rings is 1. The van der Waals surface area contributed by atoms with Gasteiger partial charge in [-0.15, -0.1) is 0 Å². The van der Waals surface area contributed by atoms with Crippen LogP contribution in [-0.2, 0) is 6.42 Å². The molecule has 0 unspecified atom stereocenters. The van der Waals surface area contributed by atoms with E-state index in [2.05, 4.69) is 46.5 Å². The van der Waals surface area contributed by atoms with Crippen LogP contribution in [0.5, 0.6) is 0 Å². The Labute approximate surface area is 147 Å². The Hall–Kier alpha value is -1.79. The Morgan fingerprint density at radius 2 is 1.92 bits per heavy atom. The van der Waals surface area contributed by atoms with Crippen LogP contribution in [0.2, 0.25) is 0 Å². The van der Waals surface area contributed by atoms with Crippen LogP contribution in [0.4, 0.5) is 11.8 Å². The van der Waals surface area contributed by atoms with E-state index in [0.29, 0.717) is 6.04 Å². The van der Waals surface area contributed by atoms with Crippen LogP contribution in [0, 0.1) is 0 Å². The summed E-state index contributed by atoms with van der Waals surface area (Å²) in [7, 11) is 0. The van der Waals surface area contributed by atoms with Crippen molar-refractivity contribution < 1.29 is 5.11 Å². The molecule has 1 aromatic carbocycles. The van der Waals surface area contributed by atoms with Gasteiger partial charge in [-0.2, -0.15) is 4.98 Å². The van der Waals surface area contributed by atoms with E-state index in [-0.39, 0.29) is 12.1 Å². The van der Waals surface area contributed by atoms with Crippen LogP contribution < -0.4 is 11.1 Å². The average Bonchev–Trinajstić information content (AvgIpc) is 2.60. The van der Waals surface area contributed by atoms with Gasteiger partial charge in [-0.1, -0.05) is 30.8 Å². The van der Waals surface area contributed by atoms with Gasteiger partial charge >= 0.3 is 0 Å². The van der Waals surface area contributed by atoms with Gasteiger partial charge in [0.1, 0.15) is 5.82 Å². The minimum absolute atomic E-state index is 0.163. The maximum absolute atomic E-state index is 9.65. The zero-order valence-electron chi connectivity index (χ0n) is 13.9. The number of aromatic nitrogens is 2. The van der Waals surface area contributed by atoms with E-state index in [0.717, 1.165) is 47.7 Å². The number of hydrogen-bond donors (Lipinski definition) is 3. The van der Waals surface area contributed by atoms with Crippen molar-refractivity contribution in [3.05, 3.63) is 36.0 Å². The van der Waals surface area contributed by atoms with Gasteiger partial charge in [0.15, 0.2) is 0 Å². The molecular formula is C18H24N4OS. The first-order valence-electron chi connectivity index (χ1n) is 8.48. The fourth-order valence-corrected chi connectivity index (χ4v) is 3.73. The number of nitrogens with one attached hydrogen (secondary N) is 1. The number of anilines is 2. The van der Waals surface area contributed by atoms with E-state index in [1.54, 1.807) is 18.0 Å². The van der Waals surface area contributed by atoms with Crippen molar-refractivity contribution in [1.82, 2.24) is 9.97 Å². The van der Waals surface area contributed by atoms with Crippen LogP contribution in [0.3, 0.4) is 0 Å². The third-order valence-electron chi connectivity index (χ3n) is 4.37. The van der Waals surface area contributed by atoms with Gasteiger partial charge in [-0.25, -0.2) is 4.98 Å². The van der Waals surface area contributed by atoms with Gasteiger partial charge in [0.25, 0.3) is 0 Å². The number of nitrogens with zero attached hydrogens (tertiary/aromatic N) is 2. The largest absolute Gasteiger partial charge is 0.393 e. The minimum Gasteiger partial charge on any atom is -0.393 e. The van der Waals surface area contributed by atoms with Gasteiger partial charge in [0, 0.05) is 17.1 Å². The zero-order chi connectivity index (χ0) is 16.9. The minimum atomic E-state index is -0.163. The molecule has 0 atom stereocenters. The first-order chi connectivity index (χ1) is 11.6. The smallest absolute Gasteiger partial charge is 0.221 e.